The Balaban J connectivity index is 0.000000356. The van der Waals surface area contributed by atoms with Crippen molar-refractivity contribution in [2.75, 3.05) is 26.2 Å². The Morgan fingerprint density at radius 1 is 1.00 bits per heavy atom. The van der Waals surface area contributed by atoms with E-state index in [2.05, 4.69) is 43.0 Å². The van der Waals surface area contributed by atoms with E-state index in [-0.39, 0.29) is 6.10 Å². The average molecular weight is 504 g/mol. The summed E-state index contributed by atoms with van der Waals surface area (Å²) in [6, 6.07) is 22.0. The highest BCUT2D eigenvalue weighted by molar-refractivity contribution is 5.90. The summed E-state index contributed by atoms with van der Waals surface area (Å²) in [5, 5.41) is 19.5. The Hall–Kier alpha value is -2.99. The number of carboxylic acids is 1. The van der Waals surface area contributed by atoms with Crippen molar-refractivity contribution in [2.24, 2.45) is 0 Å². The molecule has 0 saturated carbocycles. The van der Waals surface area contributed by atoms with Crippen molar-refractivity contribution >= 4 is 5.97 Å². The lowest BCUT2D eigenvalue weighted by Crippen LogP contribution is -2.33. The second kappa shape index (κ2) is 14.1. The molecular formula is C32H41NO4. The summed E-state index contributed by atoms with van der Waals surface area (Å²) < 4.78 is 5.98. The van der Waals surface area contributed by atoms with Gasteiger partial charge >= 0.3 is 5.97 Å². The van der Waals surface area contributed by atoms with Crippen LogP contribution >= 0.6 is 0 Å². The van der Waals surface area contributed by atoms with Crippen molar-refractivity contribution in [2.45, 2.75) is 59.2 Å². The fourth-order valence-electron chi connectivity index (χ4n) is 4.78. The lowest BCUT2D eigenvalue weighted by Gasteiger charge is -2.22. The molecule has 198 valence electrons. The molecule has 3 aromatic rings. The molecule has 2 atom stereocenters. The van der Waals surface area contributed by atoms with Gasteiger partial charge in [-0.25, -0.2) is 4.79 Å². The summed E-state index contributed by atoms with van der Waals surface area (Å²) in [5.74, 6) is -0.916. The number of β-amino-alcohol motifs (C(OH)–C–C–N with tert-alkyl or cyclic N) is 1. The normalized spacial score (nSPS) is 15.1. The molecule has 3 aromatic carbocycles. The van der Waals surface area contributed by atoms with E-state index in [4.69, 9.17) is 4.74 Å². The fourth-order valence-corrected chi connectivity index (χ4v) is 4.78. The zero-order valence-electron chi connectivity index (χ0n) is 22.6. The van der Waals surface area contributed by atoms with Crippen molar-refractivity contribution < 1.29 is 19.7 Å². The van der Waals surface area contributed by atoms with Gasteiger partial charge in [0.1, 0.15) is 0 Å². The molecule has 5 heteroatoms. The van der Waals surface area contributed by atoms with E-state index in [1.807, 2.05) is 50.2 Å². The van der Waals surface area contributed by atoms with E-state index in [1.165, 1.54) is 24.0 Å². The Morgan fingerprint density at radius 3 is 2.35 bits per heavy atom. The number of likely N-dealkylation sites (tertiary alicyclic amines) is 1. The highest BCUT2D eigenvalue weighted by Crippen LogP contribution is 2.31. The third kappa shape index (κ3) is 8.53. The molecular weight excluding hydrogens is 462 g/mol. The number of ether oxygens (including phenoxy) is 1. The van der Waals surface area contributed by atoms with Crippen LogP contribution in [0.15, 0.2) is 66.7 Å². The summed E-state index contributed by atoms with van der Waals surface area (Å²) in [7, 11) is 0. The van der Waals surface area contributed by atoms with Gasteiger partial charge in [-0.2, -0.15) is 0 Å². The van der Waals surface area contributed by atoms with Crippen LogP contribution in [0.1, 0.15) is 65.4 Å². The number of nitrogens with zero attached hydrogens (tertiary/aromatic N) is 1. The van der Waals surface area contributed by atoms with Crippen molar-refractivity contribution in [1.82, 2.24) is 4.90 Å². The molecule has 0 bridgehead atoms. The van der Waals surface area contributed by atoms with Crippen molar-refractivity contribution in [1.29, 1.82) is 0 Å². The Kier molecular flexibility index (Phi) is 10.9. The second-order valence-corrected chi connectivity index (χ2v) is 9.90. The van der Waals surface area contributed by atoms with Crippen LogP contribution in [0.4, 0.5) is 0 Å². The largest absolute Gasteiger partial charge is 0.478 e. The van der Waals surface area contributed by atoms with E-state index in [0.29, 0.717) is 18.7 Å². The van der Waals surface area contributed by atoms with Gasteiger partial charge in [0.25, 0.3) is 0 Å². The van der Waals surface area contributed by atoms with Gasteiger partial charge in [-0.05, 0) is 87.0 Å². The first-order valence-corrected chi connectivity index (χ1v) is 13.3. The fraction of sp³-hybridized carbons (Fsp3) is 0.406. The van der Waals surface area contributed by atoms with E-state index in [0.717, 1.165) is 41.8 Å². The minimum absolute atomic E-state index is 0.177. The van der Waals surface area contributed by atoms with Crippen LogP contribution in [0, 0.1) is 13.8 Å². The molecule has 37 heavy (non-hydrogen) atoms. The maximum atomic E-state index is 11.3. The number of hydrogen-bond donors (Lipinski definition) is 2. The van der Waals surface area contributed by atoms with Crippen LogP contribution in [0.2, 0.25) is 0 Å². The molecule has 0 spiro atoms. The van der Waals surface area contributed by atoms with E-state index in [9.17, 15) is 15.0 Å². The maximum Gasteiger partial charge on any atom is 0.335 e. The van der Waals surface area contributed by atoms with Crippen LogP contribution in [-0.4, -0.2) is 53.4 Å². The summed E-state index contributed by atoms with van der Waals surface area (Å²) in [5.41, 5.74) is 6.84. The van der Waals surface area contributed by atoms with E-state index < -0.39 is 12.1 Å². The number of aliphatic hydroxyl groups is 1. The molecule has 1 aliphatic rings. The first-order valence-electron chi connectivity index (χ1n) is 13.3. The second-order valence-electron chi connectivity index (χ2n) is 9.90. The molecule has 0 amide bonds. The number of carboxylic acid groups (broad SMARTS) is 1. The standard InChI is InChI=1S/C23H29NO4.C9H12/c1-16-13-18(9-10-20(16)23(26)27)22-8-4-3-7-21(22)17(2)28-15-19(25)14-24-11-5-6-12-24;1-3-9-6-4-5-8(2)7-9/h3-4,7-10,13,17,19,25H,5-6,11-12,14-15H2,1-2H3,(H,26,27);4-7H,3H2,1-2H3. The summed E-state index contributed by atoms with van der Waals surface area (Å²) in [6.07, 6.45) is 2.88. The molecule has 1 heterocycles. The smallest absolute Gasteiger partial charge is 0.335 e. The molecule has 5 nitrogen and oxygen atoms in total. The number of aromatic carboxylic acids is 1. The van der Waals surface area contributed by atoms with Crippen molar-refractivity contribution in [3.63, 3.8) is 0 Å². The van der Waals surface area contributed by atoms with Crippen molar-refractivity contribution in [3.8, 4) is 11.1 Å². The highest BCUT2D eigenvalue weighted by atomic mass is 16.5. The van der Waals surface area contributed by atoms with Crippen LogP contribution in [-0.2, 0) is 11.2 Å². The van der Waals surface area contributed by atoms with Crippen LogP contribution in [0.25, 0.3) is 11.1 Å². The summed E-state index contributed by atoms with van der Waals surface area (Å²) >= 11 is 0. The predicted octanol–water partition coefficient (Wildman–Crippen LogP) is 6.45. The quantitative estimate of drug-likeness (QED) is 0.351. The van der Waals surface area contributed by atoms with Gasteiger partial charge in [0.2, 0.25) is 0 Å². The Labute approximate surface area is 221 Å². The summed E-state index contributed by atoms with van der Waals surface area (Å²) in [4.78, 5) is 13.5. The molecule has 0 aliphatic carbocycles. The summed E-state index contributed by atoms with van der Waals surface area (Å²) in [6.45, 7) is 11.2. The predicted molar refractivity (Wildman–Crippen MR) is 150 cm³/mol. The van der Waals surface area contributed by atoms with Crippen molar-refractivity contribution in [3.05, 3.63) is 94.5 Å². The Morgan fingerprint density at radius 2 is 1.73 bits per heavy atom. The monoisotopic (exact) mass is 503 g/mol. The molecule has 1 fully saturated rings. The Bertz CT molecular complexity index is 1150. The minimum Gasteiger partial charge on any atom is -0.478 e. The van der Waals surface area contributed by atoms with Gasteiger partial charge in [-0.15, -0.1) is 0 Å². The zero-order chi connectivity index (χ0) is 26.8. The molecule has 1 saturated heterocycles. The highest BCUT2D eigenvalue weighted by Gasteiger charge is 2.18. The van der Waals surface area contributed by atoms with Gasteiger partial charge < -0.3 is 19.8 Å². The number of aryl methyl sites for hydroxylation is 3. The van der Waals surface area contributed by atoms with Gasteiger partial charge in [0, 0.05) is 6.54 Å². The number of hydrogen-bond acceptors (Lipinski definition) is 4. The van der Waals surface area contributed by atoms with Gasteiger partial charge in [-0.1, -0.05) is 73.2 Å². The van der Waals surface area contributed by atoms with E-state index in [1.54, 1.807) is 6.07 Å². The third-order valence-corrected chi connectivity index (χ3v) is 6.86. The van der Waals surface area contributed by atoms with Crippen LogP contribution < -0.4 is 0 Å². The first kappa shape index (κ1) is 28.6. The molecule has 0 radical (unpaired) electrons. The molecule has 0 aromatic heterocycles. The molecule has 4 rings (SSSR count). The first-order chi connectivity index (χ1) is 17.8. The average Bonchev–Trinajstić information content (AvgIpc) is 3.40. The SMILES string of the molecule is CCc1cccc(C)c1.Cc1cc(-c2ccccc2C(C)OCC(O)CN2CCCC2)ccc1C(=O)O. The minimum atomic E-state index is -0.916. The number of benzene rings is 3. The molecule has 2 unspecified atom stereocenters. The van der Waals surface area contributed by atoms with Crippen LogP contribution in [0.5, 0.6) is 0 Å². The number of aliphatic hydroxyl groups excluding tert-OH is 1. The topological polar surface area (TPSA) is 70.0 Å². The number of rotatable bonds is 9. The van der Waals surface area contributed by atoms with Gasteiger partial charge in [0.05, 0.1) is 24.4 Å². The number of carbonyl (C=O) groups is 1. The van der Waals surface area contributed by atoms with Gasteiger partial charge in [-0.3, -0.25) is 0 Å². The molecule has 1 aliphatic heterocycles. The van der Waals surface area contributed by atoms with E-state index >= 15 is 0 Å². The van der Waals surface area contributed by atoms with Gasteiger partial charge in [0.15, 0.2) is 0 Å². The molecule has 2 N–H and O–H groups in total. The third-order valence-electron chi connectivity index (χ3n) is 6.86. The van der Waals surface area contributed by atoms with Crippen LogP contribution in [0.3, 0.4) is 0 Å². The zero-order valence-corrected chi connectivity index (χ0v) is 22.6. The lowest BCUT2D eigenvalue weighted by molar-refractivity contribution is -0.0131. The lowest BCUT2D eigenvalue weighted by atomic mass is 9.94. The maximum absolute atomic E-state index is 11.3.